The van der Waals surface area contributed by atoms with Crippen LogP contribution in [-0.2, 0) is 37.4 Å². The van der Waals surface area contributed by atoms with Crippen LogP contribution in [0.3, 0.4) is 0 Å². The number of hydrogen-bond donors (Lipinski definition) is 3. The Morgan fingerprint density at radius 1 is 1.00 bits per heavy atom. The van der Waals surface area contributed by atoms with Gasteiger partial charge in [0.05, 0.1) is 29.9 Å². The second-order valence-corrected chi connectivity index (χ2v) is 12.4. The van der Waals surface area contributed by atoms with E-state index < -0.39 is 22.0 Å². The Morgan fingerprint density at radius 2 is 1.73 bits per heavy atom. The van der Waals surface area contributed by atoms with Crippen molar-refractivity contribution in [2.45, 2.75) is 30.3 Å². The molecule has 0 unspecified atom stereocenters. The van der Waals surface area contributed by atoms with Crippen LogP contribution in [0.5, 0.6) is 5.75 Å². The molecule has 0 saturated heterocycles. The molecular weight excluding hydrogens is 605 g/mol. The molecule has 0 radical (unpaired) electrons. The van der Waals surface area contributed by atoms with Crippen LogP contribution in [0.1, 0.15) is 23.1 Å². The maximum Gasteiger partial charge on any atom is 0.259 e. The van der Waals surface area contributed by atoms with Crippen LogP contribution < -0.4 is 20.5 Å². The first kappa shape index (κ1) is 30.9. The lowest BCUT2D eigenvalue weighted by molar-refractivity contribution is -0.128. The van der Waals surface area contributed by atoms with Gasteiger partial charge in [-0.05, 0) is 42.3 Å². The average molecular weight is 635 g/mol. The van der Waals surface area contributed by atoms with Gasteiger partial charge in [0.2, 0.25) is 21.8 Å². The van der Waals surface area contributed by atoms with Crippen LogP contribution in [0.15, 0.2) is 87.7 Å². The largest absolute Gasteiger partial charge is 0.496 e. The highest BCUT2D eigenvalue weighted by Crippen LogP contribution is 2.34. The van der Waals surface area contributed by atoms with E-state index in [9.17, 15) is 22.8 Å². The molecule has 228 valence electrons. The molecule has 14 heteroatoms. The number of primary sulfonamides is 1. The predicted molar refractivity (Wildman–Crippen MR) is 167 cm³/mol. The number of carbonyl (C=O) groups excluding carboxylic acids is 3. The Labute approximate surface area is 258 Å². The number of amides is 3. The zero-order valence-electron chi connectivity index (χ0n) is 23.7. The molecule has 3 aromatic carbocycles. The van der Waals surface area contributed by atoms with Gasteiger partial charge >= 0.3 is 0 Å². The van der Waals surface area contributed by atoms with Gasteiger partial charge in [0.1, 0.15) is 17.6 Å². The van der Waals surface area contributed by atoms with Crippen LogP contribution >= 0.6 is 11.8 Å². The number of amidine groups is 2. The van der Waals surface area contributed by atoms with Crippen LogP contribution in [0.4, 0.5) is 5.69 Å². The molecular formula is C30H30N6O6S2. The fourth-order valence-corrected chi connectivity index (χ4v) is 6.04. The Balaban J connectivity index is 1.19. The fourth-order valence-electron chi connectivity index (χ4n) is 4.70. The van der Waals surface area contributed by atoms with Gasteiger partial charge in [0.15, 0.2) is 5.17 Å². The molecule has 4 N–H and O–H groups in total. The van der Waals surface area contributed by atoms with E-state index >= 15 is 0 Å². The van der Waals surface area contributed by atoms with Crippen LogP contribution in [0.2, 0.25) is 0 Å². The molecule has 5 rings (SSSR count). The number of nitrogens with one attached hydrogen (secondary N) is 2. The molecule has 0 spiro atoms. The van der Waals surface area contributed by atoms with Gasteiger partial charge in [-0.25, -0.2) is 23.4 Å². The van der Waals surface area contributed by atoms with Crippen LogP contribution in [0, 0.1) is 0 Å². The van der Waals surface area contributed by atoms with Crippen molar-refractivity contribution >= 4 is 56.2 Å². The number of aliphatic imine (C=N–C) groups is 2. The normalized spacial score (nSPS) is 15.5. The van der Waals surface area contributed by atoms with Crippen molar-refractivity contribution in [3.8, 4) is 5.75 Å². The summed E-state index contributed by atoms with van der Waals surface area (Å²) in [5, 5.41) is 11.1. The van der Waals surface area contributed by atoms with Crippen LogP contribution in [0.25, 0.3) is 0 Å². The molecule has 0 fully saturated rings. The fraction of sp³-hybridized carbons (Fsp3) is 0.233. The van der Waals surface area contributed by atoms with Crippen LogP contribution in [-0.4, -0.2) is 67.5 Å². The number of carbonyl (C=O) groups is 3. The zero-order chi connectivity index (χ0) is 31.3. The first-order valence-electron chi connectivity index (χ1n) is 13.6. The molecule has 0 saturated carbocycles. The Bertz CT molecular complexity index is 1760. The highest BCUT2D eigenvalue weighted by Gasteiger charge is 2.42. The standard InChI is InChI=1S/C30H30N6O6S2/c1-42-25-9-5-2-6-20(25)17-33-26(37)16-24-29(39)36-28(34-24)22-7-3-4-8-23(22)35-30(36)43-18-27(38)32-15-14-19-10-12-21(13-11-19)44(31,40)41/h2-13,24H,14-18H2,1H3,(H,32,38)(H,33,37)(H2,31,40,41)/t24-/m0/s1. The quantitative estimate of drug-likeness (QED) is 0.290. The highest BCUT2D eigenvalue weighted by molar-refractivity contribution is 8.14. The first-order valence-corrected chi connectivity index (χ1v) is 16.2. The van der Waals surface area contributed by atoms with E-state index in [-0.39, 0.29) is 35.4 Å². The second-order valence-electron chi connectivity index (χ2n) is 9.92. The van der Waals surface area contributed by atoms with Crippen molar-refractivity contribution < 1.29 is 27.5 Å². The van der Waals surface area contributed by atoms with Gasteiger partial charge in [0.25, 0.3) is 5.91 Å². The summed E-state index contributed by atoms with van der Waals surface area (Å²) >= 11 is 1.10. The van der Waals surface area contributed by atoms with Crippen molar-refractivity contribution in [2.24, 2.45) is 15.1 Å². The minimum atomic E-state index is -3.77. The molecule has 0 bridgehead atoms. The lowest BCUT2D eigenvalue weighted by Crippen LogP contribution is -2.42. The molecule has 0 aliphatic carbocycles. The number of nitrogens with two attached hydrogens (primary N) is 1. The zero-order valence-corrected chi connectivity index (χ0v) is 25.4. The van der Waals surface area contributed by atoms with E-state index in [1.54, 1.807) is 31.4 Å². The number of fused-ring (bicyclic) bond motifs is 3. The van der Waals surface area contributed by atoms with Gasteiger partial charge in [-0.1, -0.05) is 54.2 Å². The number of methoxy groups -OCH3 is 1. The van der Waals surface area contributed by atoms with E-state index in [1.165, 1.54) is 17.0 Å². The predicted octanol–water partition coefficient (Wildman–Crippen LogP) is 2.10. The van der Waals surface area contributed by atoms with Crippen molar-refractivity contribution in [3.63, 3.8) is 0 Å². The molecule has 0 aromatic heterocycles. The van der Waals surface area contributed by atoms with E-state index in [4.69, 9.17) is 9.88 Å². The van der Waals surface area contributed by atoms with Gasteiger partial charge in [-0.15, -0.1) is 0 Å². The number of ether oxygens (including phenoxy) is 1. The summed E-state index contributed by atoms with van der Waals surface area (Å²) in [6, 6.07) is 19.8. The number of rotatable bonds is 11. The summed E-state index contributed by atoms with van der Waals surface area (Å²) in [6.45, 7) is 0.566. The summed E-state index contributed by atoms with van der Waals surface area (Å²) in [4.78, 5) is 49.6. The summed E-state index contributed by atoms with van der Waals surface area (Å²) < 4.78 is 28.2. The number of sulfonamides is 1. The smallest absolute Gasteiger partial charge is 0.259 e. The number of para-hydroxylation sites is 2. The molecule has 2 aliphatic rings. The van der Waals surface area contributed by atoms with E-state index in [2.05, 4.69) is 20.6 Å². The lowest BCUT2D eigenvalue weighted by atomic mass is 10.1. The number of benzene rings is 3. The van der Waals surface area contributed by atoms with Gasteiger partial charge in [0, 0.05) is 24.2 Å². The SMILES string of the molecule is COc1ccccc1CNC(=O)C[C@@H]1N=C2c3ccccc3N=C(SCC(=O)NCCc3ccc(S(N)(=O)=O)cc3)N2C1=O. The molecule has 2 aliphatic heterocycles. The minimum absolute atomic E-state index is 0.00746. The van der Waals surface area contributed by atoms with Gasteiger partial charge < -0.3 is 15.4 Å². The molecule has 3 aromatic rings. The molecule has 44 heavy (non-hydrogen) atoms. The monoisotopic (exact) mass is 634 g/mol. The third-order valence-corrected chi connectivity index (χ3v) is 8.78. The van der Waals surface area contributed by atoms with Crippen molar-refractivity contribution in [1.29, 1.82) is 0 Å². The molecule has 2 heterocycles. The van der Waals surface area contributed by atoms with E-state index in [0.717, 1.165) is 22.9 Å². The average Bonchev–Trinajstić information content (AvgIpc) is 3.34. The Morgan fingerprint density at radius 3 is 2.48 bits per heavy atom. The Hall–Kier alpha value is -4.53. The topological polar surface area (TPSA) is 173 Å². The minimum Gasteiger partial charge on any atom is -0.496 e. The van der Waals surface area contributed by atoms with E-state index in [1.807, 2.05) is 36.4 Å². The van der Waals surface area contributed by atoms with Crippen molar-refractivity contribution in [2.75, 3.05) is 19.4 Å². The molecule has 1 atom stereocenters. The number of nitrogens with zero attached hydrogens (tertiary/aromatic N) is 3. The summed E-state index contributed by atoms with van der Waals surface area (Å²) in [5.74, 6) is 0.0450. The van der Waals surface area contributed by atoms with Crippen molar-refractivity contribution in [1.82, 2.24) is 15.5 Å². The maximum absolute atomic E-state index is 13.5. The van der Waals surface area contributed by atoms with Gasteiger partial charge in [-0.2, -0.15) is 0 Å². The van der Waals surface area contributed by atoms with E-state index in [0.29, 0.717) is 41.0 Å². The summed E-state index contributed by atoms with van der Waals surface area (Å²) in [7, 11) is -2.21. The van der Waals surface area contributed by atoms with Crippen molar-refractivity contribution in [3.05, 3.63) is 89.5 Å². The summed E-state index contributed by atoms with van der Waals surface area (Å²) in [6.07, 6.45) is 0.338. The number of thioether (sulfide) groups is 1. The third-order valence-electron chi connectivity index (χ3n) is 6.92. The second kappa shape index (κ2) is 13.4. The first-order chi connectivity index (χ1) is 21.1. The lowest BCUT2D eigenvalue weighted by Gasteiger charge is -2.25. The highest BCUT2D eigenvalue weighted by atomic mass is 32.2. The third kappa shape index (κ3) is 7.15. The molecule has 12 nitrogen and oxygen atoms in total. The van der Waals surface area contributed by atoms with Gasteiger partial charge in [-0.3, -0.25) is 19.4 Å². The summed E-state index contributed by atoms with van der Waals surface area (Å²) in [5.41, 5.74) is 2.92. The Kier molecular flexibility index (Phi) is 9.42. The number of hydrogen-bond acceptors (Lipinski definition) is 9. The maximum atomic E-state index is 13.5. The molecule has 3 amide bonds.